The number of rotatable bonds is 3. The summed E-state index contributed by atoms with van der Waals surface area (Å²) in [4.78, 5) is 17.9. The molecule has 1 aliphatic rings. The molecule has 2 aromatic rings. The number of aryl methyl sites for hydroxylation is 2. The van der Waals surface area contributed by atoms with Gasteiger partial charge in [-0.05, 0) is 50.9 Å². The van der Waals surface area contributed by atoms with Crippen LogP contribution in [0, 0.1) is 18.6 Å². The van der Waals surface area contributed by atoms with Gasteiger partial charge in [0.2, 0.25) is 0 Å². The molecular formula is C14H18N2O2S2. The van der Waals surface area contributed by atoms with Crippen LogP contribution in [0.2, 0.25) is 0 Å². The monoisotopic (exact) mass is 310 g/mol. The van der Waals surface area contributed by atoms with Crippen LogP contribution in [0.3, 0.4) is 0 Å². The molecule has 6 heteroatoms. The van der Waals surface area contributed by atoms with Crippen LogP contribution in [0.15, 0.2) is 4.79 Å². The minimum atomic E-state index is 0.0311. The fraction of sp³-hybridized carbons (Fsp3) is 0.571. The van der Waals surface area contributed by atoms with Gasteiger partial charge < -0.3 is 9.72 Å². The van der Waals surface area contributed by atoms with Gasteiger partial charge in [0.1, 0.15) is 4.83 Å². The maximum atomic E-state index is 12.6. The van der Waals surface area contributed by atoms with Crippen molar-refractivity contribution in [1.82, 2.24) is 9.55 Å². The summed E-state index contributed by atoms with van der Waals surface area (Å²) >= 11 is 6.93. The minimum Gasteiger partial charge on any atom is -0.378 e. The van der Waals surface area contributed by atoms with E-state index in [-0.39, 0.29) is 11.7 Å². The van der Waals surface area contributed by atoms with E-state index in [4.69, 9.17) is 17.0 Å². The smallest absolute Gasteiger partial charge is 0.263 e. The molecular weight excluding hydrogens is 292 g/mol. The van der Waals surface area contributed by atoms with Crippen molar-refractivity contribution >= 4 is 33.8 Å². The highest BCUT2D eigenvalue weighted by Gasteiger charge is 2.17. The molecule has 1 saturated heterocycles. The van der Waals surface area contributed by atoms with E-state index in [1.165, 1.54) is 4.88 Å². The molecule has 3 rings (SSSR count). The second kappa shape index (κ2) is 5.42. The zero-order valence-corrected chi connectivity index (χ0v) is 13.3. The number of hydrogen-bond acceptors (Lipinski definition) is 4. The highest BCUT2D eigenvalue weighted by molar-refractivity contribution is 7.71. The molecule has 2 aromatic heterocycles. The summed E-state index contributed by atoms with van der Waals surface area (Å²) in [7, 11) is 0. The van der Waals surface area contributed by atoms with Crippen LogP contribution in [-0.4, -0.2) is 22.3 Å². The molecule has 1 N–H and O–H groups in total. The van der Waals surface area contributed by atoms with Crippen molar-refractivity contribution < 1.29 is 4.74 Å². The molecule has 4 nitrogen and oxygen atoms in total. The second-order valence-electron chi connectivity index (χ2n) is 5.30. The number of ether oxygens (including phenoxy) is 1. The lowest BCUT2D eigenvalue weighted by atomic mass is 10.2. The first kappa shape index (κ1) is 14.0. The first-order valence-electron chi connectivity index (χ1n) is 6.92. The van der Waals surface area contributed by atoms with Crippen molar-refractivity contribution in [2.24, 2.45) is 0 Å². The molecule has 108 valence electrons. The normalized spacial score (nSPS) is 19.0. The fourth-order valence-corrected chi connectivity index (χ4v) is 4.10. The number of nitrogens with zero attached hydrogens (tertiary/aromatic N) is 1. The van der Waals surface area contributed by atoms with Crippen LogP contribution in [0.5, 0.6) is 0 Å². The van der Waals surface area contributed by atoms with E-state index in [1.807, 2.05) is 13.8 Å². The van der Waals surface area contributed by atoms with Crippen LogP contribution >= 0.6 is 23.6 Å². The standard InChI is InChI=1S/C14H18N2O2S2/c1-8-9(2)20-12-11(8)13(17)16(14(19)15-12)6-5-10-4-3-7-18-10/h10H,3-7H2,1-2H3,(H,15,19). The van der Waals surface area contributed by atoms with Crippen molar-refractivity contribution in [2.75, 3.05) is 6.61 Å². The lowest BCUT2D eigenvalue weighted by Gasteiger charge is -2.11. The predicted octanol–water partition coefficient (Wildman–Crippen LogP) is 3.31. The lowest BCUT2D eigenvalue weighted by Crippen LogP contribution is -2.24. The number of fused-ring (bicyclic) bond motifs is 1. The Bertz CT molecular complexity index is 751. The van der Waals surface area contributed by atoms with Crippen LogP contribution < -0.4 is 5.56 Å². The fourth-order valence-electron chi connectivity index (χ4n) is 2.71. The maximum absolute atomic E-state index is 12.6. The first-order chi connectivity index (χ1) is 9.58. The average Bonchev–Trinajstić information content (AvgIpc) is 2.99. The molecule has 0 bridgehead atoms. The molecule has 20 heavy (non-hydrogen) atoms. The summed E-state index contributed by atoms with van der Waals surface area (Å²) in [6.45, 7) is 5.50. The highest BCUT2D eigenvalue weighted by atomic mass is 32.1. The maximum Gasteiger partial charge on any atom is 0.263 e. The molecule has 0 spiro atoms. The topological polar surface area (TPSA) is 47.0 Å². The third-order valence-electron chi connectivity index (χ3n) is 4.01. The van der Waals surface area contributed by atoms with E-state index in [1.54, 1.807) is 15.9 Å². The van der Waals surface area contributed by atoms with Gasteiger partial charge >= 0.3 is 0 Å². The van der Waals surface area contributed by atoms with Gasteiger partial charge in [-0.25, -0.2) is 0 Å². The summed E-state index contributed by atoms with van der Waals surface area (Å²) in [5.74, 6) is 0. The number of hydrogen-bond donors (Lipinski definition) is 1. The predicted molar refractivity (Wildman–Crippen MR) is 84.3 cm³/mol. The first-order valence-corrected chi connectivity index (χ1v) is 8.15. The van der Waals surface area contributed by atoms with E-state index < -0.39 is 0 Å². The molecule has 3 heterocycles. The molecule has 1 aliphatic heterocycles. The molecule has 0 saturated carbocycles. The van der Waals surface area contributed by atoms with E-state index in [2.05, 4.69) is 4.98 Å². The molecule has 0 aromatic carbocycles. The molecule has 1 unspecified atom stereocenters. The largest absolute Gasteiger partial charge is 0.378 e. The SMILES string of the molecule is Cc1sc2[nH]c(=S)n(CCC3CCCO3)c(=O)c2c1C. The van der Waals surface area contributed by atoms with E-state index in [0.29, 0.717) is 11.3 Å². The summed E-state index contributed by atoms with van der Waals surface area (Å²) in [5.41, 5.74) is 1.09. The van der Waals surface area contributed by atoms with Crippen molar-refractivity contribution in [3.05, 3.63) is 25.6 Å². The Balaban J connectivity index is 1.99. The van der Waals surface area contributed by atoms with Gasteiger partial charge in [-0.3, -0.25) is 9.36 Å². The Morgan fingerprint density at radius 1 is 1.50 bits per heavy atom. The van der Waals surface area contributed by atoms with Gasteiger partial charge in [-0.2, -0.15) is 0 Å². The zero-order valence-electron chi connectivity index (χ0n) is 11.7. The third kappa shape index (κ3) is 2.36. The molecule has 0 aliphatic carbocycles. The Morgan fingerprint density at radius 2 is 2.30 bits per heavy atom. The highest BCUT2D eigenvalue weighted by Crippen LogP contribution is 2.26. The van der Waals surface area contributed by atoms with Crippen molar-refractivity contribution in [3.8, 4) is 0 Å². The van der Waals surface area contributed by atoms with Crippen LogP contribution in [-0.2, 0) is 11.3 Å². The van der Waals surface area contributed by atoms with Gasteiger partial charge in [0.05, 0.1) is 11.5 Å². The van der Waals surface area contributed by atoms with Gasteiger partial charge in [-0.1, -0.05) is 0 Å². The average molecular weight is 310 g/mol. The molecule has 0 amide bonds. The van der Waals surface area contributed by atoms with Crippen molar-refractivity contribution in [3.63, 3.8) is 0 Å². The molecule has 1 fully saturated rings. The zero-order chi connectivity index (χ0) is 14.3. The van der Waals surface area contributed by atoms with Gasteiger partial charge in [0.15, 0.2) is 4.77 Å². The Hall–Kier alpha value is -0.980. The van der Waals surface area contributed by atoms with Crippen LogP contribution in [0.25, 0.3) is 10.2 Å². The van der Waals surface area contributed by atoms with Gasteiger partial charge in [0, 0.05) is 18.0 Å². The summed E-state index contributed by atoms with van der Waals surface area (Å²) in [6.07, 6.45) is 3.33. The quantitative estimate of drug-likeness (QED) is 0.885. The molecule has 1 atom stereocenters. The number of aromatic nitrogens is 2. The Kier molecular flexibility index (Phi) is 3.79. The Labute approximate surface area is 126 Å². The Morgan fingerprint density at radius 3 is 3.00 bits per heavy atom. The summed E-state index contributed by atoms with van der Waals surface area (Å²) in [6, 6.07) is 0. The third-order valence-corrected chi connectivity index (χ3v) is 5.45. The summed E-state index contributed by atoms with van der Waals surface area (Å²) in [5, 5.41) is 0.786. The second-order valence-corrected chi connectivity index (χ2v) is 6.91. The lowest BCUT2D eigenvalue weighted by molar-refractivity contribution is 0.0999. The van der Waals surface area contributed by atoms with E-state index in [9.17, 15) is 4.79 Å². The number of aromatic amines is 1. The van der Waals surface area contributed by atoms with Crippen molar-refractivity contribution in [1.29, 1.82) is 0 Å². The number of nitrogens with one attached hydrogen (secondary N) is 1. The molecule has 0 radical (unpaired) electrons. The van der Waals surface area contributed by atoms with Crippen LogP contribution in [0.4, 0.5) is 0 Å². The number of H-pyrrole nitrogens is 1. The van der Waals surface area contributed by atoms with E-state index in [0.717, 1.165) is 41.6 Å². The van der Waals surface area contributed by atoms with Gasteiger partial charge in [-0.15, -0.1) is 11.3 Å². The van der Waals surface area contributed by atoms with Crippen LogP contribution in [0.1, 0.15) is 29.7 Å². The number of thiophene rings is 1. The van der Waals surface area contributed by atoms with Gasteiger partial charge in [0.25, 0.3) is 5.56 Å². The van der Waals surface area contributed by atoms with Crippen molar-refractivity contribution in [2.45, 2.75) is 45.8 Å². The summed E-state index contributed by atoms with van der Waals surface area (Å²) < 4.78 is 7.81. The van der Waals surface area contributed by atoms with E-state index >= 15 is 0 Å². The minimum absolute atomic E-state index is 0.0311.